The zero-order valence-corrected chi connectivity index (χ0v) is 27.9. The number of rotatable bonds is 4. The second kappa shape index (κ2) is 17.4. The number of carbonyl (C=O) groups is 2. The first kappa shape index (κ1) is 37.9. The summed E-state index contributed by atoms with van der Waals surface area (Å²) in [6.07, 6.45) is 13.2. The molecule has 0 unspecified atom stereocenters. The molecule has 0 bridgehead atoms. The zero-order chi connectivity index (χ0) is 33.8. The smallest absolute Gasteiger partial charge is 0.390 e. The molecule has 5 rings (SSSR count). The number of hydrogen-bond acceptors (Lipinski definition) is 4. The number of benzene rings is 1. The number of halogens is 3. The van der Waals surface area contributed by atoms with E-state index in [4.69, 9.17) is 4.79 Å². The minimum atomic E-state index is -4.58. The van der Waals surface area contributed by atoms with Gasteiger partial charge in [-0.25, -0.2) is 0 Å². The molecule has 250 valence electrons. The Labute approximate surface area is 267 Å². The minimum Gasteiger partial charge on any atom is -0.390 e. The third kappa shape index (κ3) is 10.6. The van der Waals surface area contributed by atoms with Gasteiger partial charge in [0.25, 0.3) is 5.91 Å². The lowest BCUT2D eigenvalue weighted by atomic mass is 9.83. The molecule has 4 N–H and O–H groups in total. The number of nitrogens with one attached hydrogen (secondary N) is 3. The monoisotopic (exact) mass is 631 g/mol. The van der Waals surface area contributed by atoms with Crippen molar-refractivity contribution >= 4 is 40.8 Å². The molecule has 1 aliphatic heterocycles. The summed E-state index contributed by atoms with van der Waals surface area (Å²) in [5.74, 6) is -0.440. The van der Waals surface area contributed by atoms with Crippen molar-refractivity contribution in [2.75, 3.05) is 17.7 Å². The molecule has 3 aliphatic rings. The number of allylic oxidation sites excluding steroid dienone is 1. The molecule has 2 fully saturated rings. The van der Waals surface area contributed by atoms with E-state index in [9.17, 15) is 23.1 Å². The van der Waals surface area contributed by atoms with Crippen molar-refractivity contribution < 1.29 is 27.9 Å². The Morgan fingerprint density at radius 2 is 1.56 bits per heavy atom. The van der Waals surface area contributed by atoms with Crippen molar-refractivity contribution in [1.29, 1.82) is 0 Å². The summed E-state index contributed by atoms with van der Waals surface area (Å²) in [6, 6.07) is 3.64. The number of fused-ring (bicyclic) bond motifs is 1. The van der Waals surface area contributed by atoms with Crippen LogP contribution in [0.15, 0.2) is 18.7 Å². The lowest BCUT2D eigenvalue weighted by molar-refractivity contribution is -0.137. The molecule has 2 aromatic rings. The van der Waals surface area contributed by atoms with Gasteiger partial charge in [-0.2, -0.15) is 13.2 Å². The minimum absolute atomic E-state index is 0.0353. The first-order valence-corrected chi connectivity index (χ1v) is 16.2. The van der Waals surface area contributed by atoms with Crippen LogP contribution >= 0.6 is 0 Å². The number of H-pyrrole nitrogens is 1. The van der Waals surface area contributed by atoms with Crippen LogP contribution in [0.4, 0.5) is 24.5 Å². The lowest BCUT2D eigenvalue weighted by Crippen LogP contribution is -2.29. The zero-order valence-electron chi connectivity index (χ0n) is 27.9. The van der Waals surface area contributed by atoms with Crippen LogP contribution in [0.3, 0.4) is 0 Å². The summed E-state index contributed by atoms with van der Waals surface area (Å²) in [4.78, 5) is 24.1. The number of aldehydes is 1. The van der Waals surface area contributed by atoms with E-state index >= 15 is 0 Å². The van der Waals surface area contributed by atoms with Crippen molar-refractivity contribution in [1.82, 2.24) is 4.98 Å². The summed E-state index contributed by atoms with van der Waals surface area (Å²) in [7, 11) is 1.72. The molecule has 1 aromatic heterocycles. The molecule has 2 heterocycles. The molecular weight excluding hydrogens is 579 g/mol. The number of hydrogen-bond donors (Lipinski definition) is 4. The fraction of sp³-hybridized carbons (Fsp3) is 0.556. The fourth-order valence-electron chi connectivity index (χ4n) is 6.13. The second-order valence-electron chi connectivity index (χ2n) is 12.2. The Hall–Kier alpha value is -3.33. The number of aromatic amines is 1. The van der Waals surface area contributed by atoms with Gasteiger partial charge in [-0.05, 0) is 76.3 Å². The number of aryl methyl sites for hydroxylation is 2. The molecule has 1 aromatic carbocycles. The Kier molecular flexibility index (Phi) is 14.6. The van der Waals surface area contributed by atoms with Crippen molar-refractivity contribution in [2.24, 2.45) is 0 Å². The Bertz CT molecular complexity index is 1320. The highest BCUT2D eigenvalue weighted by Gasteiger charge is 2.39. The van der Waals surface area contributed by atoms with Gasteiger partial charge < -0.3 is 25.5 Å². The van der Waals surface area contributed by atoms with Crippen molar-refractivity contribution in [3.63, 3.8) is 0 Å². The number of alkyl halides is 3. The van der Waals surface area contributed by atoms with E-state index in [-0.39, 0.29) is 22.4 Å². The fourth-order valence-corrected chi connectivity index (χ4v) is 6.13. The van der Waals surface area contributed by atoms with Gasteiger partial charge in [-0.1, -0.05) is 71.3 Å². The van der Waals surface area contributed by atoms with Gasteiger partial charge in [0.1, 0.15) is 6.29 Å². The standard InChI is InChI=1S/C20H20F3N3O.C8H16O.C6H12.C2H4O/c1-9(2)16-11(4)25-14(17(16)20(21,22)23)8-13-12-6-10(3)7-15(24-5)18(12)26-19(13)27;1-2-8(9)6-4-3-5-7-8;1-2-4-6-5-3-1;1-2-3/h6-8,24-25H,1H2,2-5H3,(H,26,27);9H,2-7H2,1H3;1-6H2;2H,1H3/b13-8-;;;. The van der Waals surface area contributed by atoms with Gasteiger partial charge in [0.2, 0.25) is 0 Å². The van der Waals surface area contributed by atoms with Crippen LogP contribution in [0.2, 0.25) is 0 Å². The highest BCUT2D eigenvalue weighted by Crippen LogP contribution is 2.43. The quantitative estimate of drug-likeness (QED) is 0.200. The first-order chi connectivity index (χ1) is 21.2. The van der Waals surface area contributed by atoms with Gasteiger partial charge in [-0.3, -0.25) is 4.79 Å². The predicted octanol–water partition coefficient (Wildman–Crippen LogP) is 9.86. The number of carbonyl (C=O) groups excluding carboxylic acids is 2. The number of amides is 1. The number of anilines is 2. The largest absolute Gasteiger partial charge is 0.419 e. The summed E-state index contributed by atoms with van der Waals surface area (Å²) < 4.78 is 41.2. The van der Waals surface area contributed by atoms with Gasteiger partial charge in [0.05, 0.1) is 33.8 Å². The van der Waals surface area contributed by atoms with Crippen LogP contribution in [-0.2, 0) is 15.8 Å². The van der Waals surface area contributed by atoms with Crippen molar-refractivity contribution in [2.45, 2.75) is 123 Å². The molecular formula is C36H52F3N3O3. The highest BCUT2D eigenvalue weighted by molar-refractivity contribution is 6.36. The third-order valence-electron chi connectivity index (χ3n) is 8.48. The van der Waals surface area contributed by atoms with Crippen LogP contribution < -0.4 is 10.6 Å². The average molecular weight is 632 g/mol. The lowest BCUT2D eigenvalue weighted by Gasteiger charge is -2.30. The maximum atomic E-state index is 13.7. The number of aromatic nitrogens is 1. The molecule has 45 heavy (non-hydrogen) atoms. The molecule has 6 nitrogen and oxygen atoms in total. The molecule has 2 saturated carbocycles. The first-order valence-electron chi connectivity index (χ1n) is 16.2. The Morgan fingerprint density at radius 1 is 1.04 bits per heavy atom. The molecule has 0 radical (unpaired) electrons. The SMILES string of the molecule is C1CCCCC1.C=C(C)c1c(C)[nH]c(/C=C2\C(=O)Nc3c(NC)cc(C)cc32)c1C(F)(F)F.CC=O.CCC1(O)CCCCC1. The Balaban J connectivity index is 0.000000316. The van der Waals surface area contributed by atoms with Gasteiger partial charge >= 0.3 is 6.18 Å². The van der Waals surface area contributed by atoms with Crippen LogP contribution in [0.1, 0.15) is 131 Å². The van der Waals surface area contributed by atoms with E-state index in [1.807, 2.05) is 13.0 Å². The van der Waals surface area contributed by atoms with Crippen molar-refractivity contribution in [3.05, 3.63) is 52.4 Å². The molecule has 9 heteroatoms. The summed E-state index contributed by atoms with van der Waals surface area (Å²) in [5.41, 5.74) is 2.40. The molecule has 0 spiro atoms. The highest BCUT2D eigenvalue weighted by atomic mass is 19.4. The van der Waals surface area contributed by atoms with E-state index in [0.29, 0.717) is 28.2 Å². The van der Waals surface area contributed by atoms with E-state index < -0.39 is 17.6 Å². The van der Waals surface area contributed by atoms with Gasteiger partial charge in [0.15, 0.2) is 0 Å². The average Bonchev–Trinajstić information content (AvgIpc) is 3.51. The van der Waals surface area contributed by atoms with Gasteiger partial charge in [0, 0.05) is 23.9 Å². The van der Waals surface area contributed by atoms with E-state index in [1.54, 1.807) is 20.0 Å². The van der Waals surface area contributed by atoms with Crippen LogP contribution in [0, 0.1) is 13.8 Å². The topological polar surface area (TPSA) is 94.2 Å². The van der Waals surface area contributed by atoms with Crippen LogP contribution in [0.5, 0.6) is 0 Å². The van der Waals surface area contributed by atoms with Crippen LogP contribution in [0.25, 0.3) is 17.2 Å². The second-order valence-corrected chi connectivity index (χ2v) is 12.2. The van der Waals surface area contributed by atoms with Gasteiger partial charge in [-0.15, -0.1) is 0 Å². The van der Waals surface area contributed by atoms with E-state index in [0.717, 1.165) is 31.1 Å². The molecule has 0 saturated heterocycles. The third-order valence-corrected chi connectivity index (χ3v) is 8.48. The number of aliphatic hydroxyl groups is 1. The normalized spacial score (nSPS) is 17.7. The van der Waals surface area contributed by atoms with E-state index in [2.05, 4.69) is 29.1 Å². The molecule has 1 amide bonds. The van der Waals surface area contributed by atoms with Crippen molar-refractivity contribution in [3.8, 4) is 0 Å². The maximum absolute atomic E-state index is 13.7. The maximum Gasteiger partial charge on any atom is 0.419 e. The summed E-state index contributed by atoms with van der Waals surface area (Å²) in [6.45, 7) is 12.1. The predicted molar refractivity (Wildman–Crippen MR) is 180 cm³/mol. The summed E-state index contributed by atoms with van der Waals surface area (Å²) >= 11 is 0. The molecule has 0 atom stereocenters. The summed E-state index contributed by atoms with van der Waals surface area (Å²) in [5, 5.41) is 15.4. The van der Waals surface area contributed by atoms with E-state index in [1.165, 1.54) is 77.7 Å². The molecule has 2 aliphatic carbocycles. The van der Waals surface area contributed by atoms with Crippen LogP contribution in [-0.4, -0.2) is 34.9 Å². The Morgan fingerprint density at radius 3 is 1.98 bits per heavy atom.